The number of hydrogen-bond donors (Lipinski definition) is 0. The van der Waals surface area contributed by atoms with Gasteiger partial charge >= 0.3 is 0 Å². The molecule has 0 aliphatic rings. The lowest BCUT2D eigenvalue weighted by molar-refractivity contribution is 0.866. The van der Waals surface area contributed by atoms with Gasteiger partial charge in [0, 0.05) is 34.0 Å². The maximum Gasteiger partial charge on any atom is 0.0973 e. The Balaban J connectivity index is 1.01. The first-order valence-corrected chi connectivity index (χ1v) is 23.0. The molecule has 2 heteroatoms. The van der Waals surface area contributed by atoms with Gasteiger partial charge in [-0.25, -0.2) is 0 Å². The molecule has 0 N–H and O–H groups in total. The molecular formula is C65H50N2. The van der Waals surface area contributed by atoms with Crippen molar-refractivity contribution in [2.75, 3.05) is 9.80 Å². The lowest BCUT2D eigenvalue weighted by Crippen LogP contribution is -2.09. The van der Waals surface area contributed by atoms with Gasteiger partial charge in [0.05, 0.1) is 5.69 Å². The molecule has 0 aliphatic carbocycles. The molecule has 0 unspecified atom stereocenters. The van der Waals surface area contributed by atoms with Crippen LogP contribution in [-0.2, 0) is 0 Å². The monoisotopic (exact) mass is 858 g/mol. The largest absolute Gasteiger partial charge is 0.311 e. The molecule has 0 saturated carbocycles. The highest BCUT2D eigenvalue weighted by Crippen LogP contribution is 2.40. The molecule has 10 aromatic rings. The predicted octanol–water partition coefficient (Wildman–Crippen LogP) is 17.7. The molecule has 0 fully saturated rings. The molecule has 0 bridgehead atoms. The summed E-state index contributed by atoms with van der Waals surface area (Å²) in [5.74, 6) is 0.433. The van der Waals surface area contributed by atoms with E-state index in [9.17, 15) is 0 Å². The summed E-state index contributed by atoms with van der Waals surface area (Å²) in [5, 5.41) is 0. The van der Waals surface area contributed by atoms with Crippen LogP contribution in [0.1, 0.15) is 47.6 Å². The summed E-state index contributed by atoms with van der Waals surface area (Å²) in [4.78, 5) is 4.51. The third-order valence-corrected chi connectivity index (χ3v) is 12.3. The number of rotatable bonds is 13. The standard InChI is InChI=1S/C65H50N2/c1-48(2)49-28-34-55(35-29-49)65(57-38-32-51(33-39-57)53-42-46-63(47-43-53)67(60-24-14-6-15-25-60)61-26-16-7-17-27-61)64(54-18-8-3-9-19-54)56-36-30-50(31-37-56)52-40-44-62(45-41-52)66(58-20-10-4-11-21-58)59-22-12-5-13-23-59/h3-42,44-46,48H,1-2H3/b65-64-. The maximum absolute atomic E-state index is 3.51. The first-order valence-electron chi connectivity index (χ1n) is 23.0. The first-order chi connectivity index (χ1) is 33.1. The van der Waals surface area contributed by atoms with E-state index in [4.69, 9.17) is 0 Å². The summed E-state index contributed by atoms with van der Waals surface area (Å²) in [5.41, 5.74) is 19.1. The Labute approximate surface area is 396 Å². The molecule has 0 heterocycles. The van der Waals surface area contributed by atoms with E-state index < -0.39 is 0 Å². The molecule has 0 spiro atoms. The minimum atomic E-state index is 0.433. The van der Waals surface area contributed by atoms with Gasteiger partial charge in [0.25, 0.3) is 0 Å². The van der Waals surface area contributed by atoms with Crippen molar-refractivity contribution in [3.8, 4) is 22.3 Å². The van der Waals surface area contributed by atoms with Gasteiger partial charge in [0.2, 0.25) is 0 Å². The molecule has 2 nitrogen and oxygen atoms in total. The van der Waals surface area contributed by atoms with Crippen molar-refractivity contribution in [1.29, 1.82) is 0 Å². The smallest absolute Gasteiger partial charge is 0.0973 e. The van der Waals surface area contributed by atoms with E-state index in [1.54, 1.807) is 0 Å². The fraction of sp³-hybridized carbons (Fsp3) is 0.0462. The summed E-state index contributed by atoms with van der Waals surface area (Å²) in [6, 6.07) is 100. The average molecular weight is 859 g/mol. The molecule has 10 aromatic carbocycles. The Kier molecular flexibility index (Phi) is 12.4. The van der Waals surface area contributed by atoms with Crippen LogP contribution >= 0.6 is 0 Å². The zero-order valence-electron chi connectivity index (χ0n) is 37.8. The molecule has 0 aliphatic heterocycles. The second-order valence-electron chi connectivity index (χ2n) is 17.0. The van der Waals surface area contributed by atoms with Gasteiger partial charge in [0.1, 0.15) is 0 Å². The molecule has 0 aromatic heterocycles. The molecule has 0 amide bonds. The van der Waals surface area contributed by atoms with E-state index in [0.717, 1.165) is 73.1 Å². The normalized spacial score (nSPS) is 11.4. The third-order valence-electron chi connectivity index (χ3n) is 12.3. The molecule has 0 saturated heterocycles. The summed E-state index contributed by atoms with van der Waals surface area (Å²) in [7, 11) is 0. The summed E-state index contributed by atoms with van der Waals surface area (Å²) < 4.78 is 0. The van der Waals surface area contributed by atoms with E-state index in [2.05, 4.69) is 285 Å². The van der Waals surface area contributed by atoms with Gasteiger partial charge in [-0.3, -0.25) is 0 Å². The SMILES string of the molecule is CC(C)c1ccc(/C(=C(\c2ccccc2)c2ccc(-c3ccc(N(c4ccccc4)c4ccccc4)cc3)cc2)c2ccc(-c3c#cc(N(c4ccccc4)c4ccccc4)cc3)cc2)cc1. The molecule has 10 rings (SSSR count). The molecular weight excluding hydrogens is 809 g/mol. The van der Waals surface area contributed by atoms with E-state index >= 15 is 0 Å². The van der Waals surface area contributed by atoms with Gasteiger partial charge in [-0.05, 0) is 140 Å². The second-order valence-corrected chi connectivity index (χ2v) is 17.0. The highest BCUT2D eigenvalue weighted by atomic mass is 15.1. The van der Waals surface area contributed by atoms with Crippen LogP contribution in [0, 0.1) is 12.1 Å². The minimum absolute atomic E-state index is 0.433. The van der Waals surface area contributed by atoms with Crippen molar-refractivity contribution >= 4 is 45.3 Å². The predicted molar refractivity (Wildman–Crippen MR) is 283 cm³/mol. The first kappa shape index (κ1) is 42.3. The van der Waals surface area contributed by atoms with Gasteiger partial charge in [-0.2, -0.15) is 0 Å². The lowest BCUT2D eigenvalue weighted by Gasteiger charge is -2.25. The highest BCUT2D eigenvalue weighted by Gasteiger charge is 2.19. The van der Waals surface area contributed by atoms with Gasteiger partial charge in [0.15, 0.2) is 0 Å². The summed E-state index contributed by atoms with van der Waals surface area (Å²) in [6.07, 6.45) is 0. The van der Waals surface area contributed by atoms with Crippen LogP contribution in [0.3, 0.4) is 0 Å². The van der Waals surface area contributed by atoms with E-state index in [1.165, 1.54) is 22.3 Å². The lowest BCUT2D eigenvalue weighted by atomic mass is 9.84. The topological polar surface area (TPSA) is 6.48 Å². The van der Waals surface area contributed by atoms with Crippen molar-refractivity contribution in [1.82, 2.24) is 0 Å². The number of nitrogens with zero attached hydrogens (tertiary/aromatic N) is 2. The van der Waals surface area contributed by atoms with Crippen LogP contribution < -0.4 is 9.80 Å². The Morgan fingerprint density at radius 1 is 0.299 bits per heavy atom. The Morgan fingerprint density at radius 2 is 0.642 bits per heavy atom. The van der Waals surface area contributed by atoms with Crippen LogP contribution in [0.4, 0.5) is 34.1 Å². The van der Waals surface area contributed by atoms with Gasteiger partial charge < -0.3 is 9.80 Å². The van der Waals surface area contributed by atoms with Crippen molar-refractivity contribution < 1.29 is 0 Å². The molecule has 0 atom stereocenters. The average Bonchev–Trinajstić information content (AvgIpc) is 3.40. The third kappa shape index (κ3) is 9.32. The quantitative estimate of drug-likeness (QED) is 0.107. The van der Waals surface area contributed by atoms with Crippen LogP contribution in [0.15, 0.2) is 261 Å². The fourth-order valence-electron chi connectivity index (χ4n) is 8.86. The Bertz CT molecular complexity index is 3080. The zero-order valence-corrected chi connectivity index (χ0v) is 37.8. The van der Waals surface area contributed by atoms with E-state index in [-0.39, 0.29) is 0 Å². The fourth-order valence-corrected chi connectivity index (χ4v) is 8.86. The van der Waals surface area contributed by atoms with E-state index in [0.29, 0.717) is 5.92 Å². The number of hydrogen-bond acceptors (Lipinski definition) is 2. The zero-order chi connectivity index (χ0) is 45.4. The highest BCUT2D eigenvalue weighted by molar-refractivity contribution is 6.05. The molecule has 67 heavy (non-hydrogen) atoms. The van der Waals surface area contributed by atoms with Crippen molar-refractivity contribution in [3.05, 3.63) is 301 Å². The Hall–Kier alpha value is -8.64. The summed E-state index contributed by atoms with van der Waals surface area (Å²) in [6.45, 7) is 4.50. The van der Waals surface area contributed by atoms with Crippen LogP contribution in [0.25, 0.3) is 33.4 Å². The van der Waals surface area contributed by atoms with Crippen LogP contribution in [0.5, 0.6) is 0 Å². The van der Waals surface area contributed by atoms with Gasteiger partial charge in [-0.15, -0.1) is 0 Å². The number of anilines is 6. The summed E-state index contributed by atoms with van der Waals surface area (Å²) >= 11 is 0. The van der Waals surface area contributed by atoms with Crippen LogP contribution in [0.2, 0.25) is 0 Å². The van der Waals surface area contributed by atoms with E-state index in [1.807, 2.05) is 12.1 Å². The second kappa shape index (κ2) is 19.6. The van der Waals surface area contributed by atoms with Crippen LogP contribution in [-0.4, -0.2) is 0 Å². The Morgan fingerprint density at radius 3 is 1.04 bits per heavy atom. The number of para-hydroxylation sites is 4. The minimum Gasteiger partial charge on any atom is -0.311 e. The van der Waals surface area contributed by atoms with Gasteiger partial charge in [-0.1, -0.05) is 208 Å². The molecule has 0 radical (unpaired) electrons. The molecule has 320 valence electrons. The maximum atomic E-state index is 3.51. The van der Waals surface area contributed by atoms with Crippen molar-refractivity contribution in [3.63, 3.8) is 0 Å². The van der Waals surface area contributed by atoms with Crippen molar-refractivity contribution in [2.24, 2.45) is 0 Å². The number of benzene rings is 9. The van der Waals surface area contributed by atoms with Crippen molar-refractivity contribution in [2.45, 2.75) is 19.8 Å².